The van der Waals surface area contributed by atoms with Crippen LogP contribution < -0.4 is 5.32 Å². The van der Waals surface area contributed by atoms with Gasteiger partial charge in [-0.25, -0.2) is 18.0 Å². The summed E-state index contributed by atoms with van der Waals surface area (Å²) in [5, 5.41) is 29.9. The van der Waals surface area contributed by atoms with Gasteiger partial charge >= 0.3 is 6.09 Å². The molecule has 0 radical (unpaired) electrons. The average Bonchev–Trinajstić information content (AvgIpc) is 2.43. The van der Waals surface area contributed by atoms with E-state index in [0.717, 1.165) is 0 Å². The summed E-state index contributed by atoms with van der Waals surface area (Å²) in [6, 6.07) is -0.240. The number of carbonyl (C=O) groups is 1. The molecular weight excluding hydrogens is 307 g/mol. The minimum absolute atomic E-state index is 0.279. The molecule has 1 aromatic rings. The molecule has 1 fully saturated rings. The second-order valence-corrected chi connectivity index (χ2v) is 5.16. The average molecular weight is 321 g/mol. The third kappa shape index (κ3) is 3.32. The Morgan fingerprint density at radius 1 is 1.32 bits per heavy atom. The maximum absolute atomic E-state index is 13.8. The molecule has 2 rings (SSSR count). The number of hydrogen-bond acceptors (Lipinski definition) is 4. The highest BCUT2D eigenvalue weighted by Crippen LogP contribution is 2.35. The van der Waals surface area contributed by atoms with Gasteiger partial charge in [-0.1, -0.05) is 0 Å². The van der Waals surface area contributed by atoms with Crippen LogP contribution in [0.3, 0.4) is 0 Å². The van der Waals surface area contributed by atoms with Gasteiger partial charge in [0.2, 0.25) is 0 Å². The quantitative estimate of drug-likeness (QED) is 0.621. The fourth-order valence-corrected chi connectivity index (χ4v) is 2.39. The Balaban J connectivity index is 2.35. The number of carboxylic acid groups (broad SMARTS) is 1. The molecule has 1 amide bonds. The van der Waals surface area contributed by atoms with E-state index in [0.29, 0.717) is 12.1 Å². The van der Waals surface area contributed by atoms with Crippen molar-refractivity contribution >= 4 is 6.09 Å². The fourth-order valence-electron chi connectivity index (χ4n) is 2.39. The Morgan fingerprint density at radius 2 is 1.95 bits per heavy atom. The monoisotopic (exact) mass is 321 g/mol. The van der Waals surface area contributed by atoms with Crippen LogP contribution in [0.2, 0.25) is 0 Å². The molecule has 3 unspecified atom stereocenters. The van der Waals surface area contributed by atoms with Crippen molar-refractivity contribution in [2.24, 2.45) is 0 Å². The molecule has 1 aliphatic rings. The maximum Gasteiger partial charge on any atom is 0.404 e. The molecule has 0 aliphatic carbocycles. The van der Waals surface area contributed by atoms with Crippen LogP contribution >= 0.6 is 0 Å². The van der Waals surface area contributed by atoms with E-state index in [1.54, 1.807) is 0 Å². The molecule has 0 spiro atoms. The number of ether oxygens (including phenoxy) is 1. The summed E-state index contributed by atoms with van der Waals surface area (Å²) in [5.41, 5.74) is -2.09. The van der Waals surface area contributed by atoms with Crippen molar-refractivity contribution in [2.45, 2.75) is 24.2 Å². The molecule has 0 bridgehead atoms. The molecule has 0 aromatic heterocycles. The van der Waals surface area contributed by atoms with Crippen LogP contribution in [0.25, 0.3) is 0 Å². The van der Waals surface area contributed by atoms with Gasteiger partial charge in [0.15, 0.2) is 11.6 Å². The standard InChI is InChI=1S/C13H14F3NO5/c14-7-2-9(16)8(15)1-6(7)11-10(17-12(19)20)3-13(21,4-18)5-22-11/h1-2,10-11,17-18,21H,3-5H2,(H,19,20). The van der Waals surface area contributed by atoms with Crippen molar-refractivity contribution in [3.05, 3.63) is 35.1 Å². The predicted molar refractivity (Wildman–Crippen MR) is 66.6 cm³/mol. The van der Waals surface area contributed by atoms with Crippen LogP contribution in [0.1, 0.15) is 18.1 Å². The summed E-state index contributed by atoms with van der Waals surface area (Å²) in [5.74, 6) is -3.79. The number of amides is 1. The molecular formula is C13H14F3NO5. The number of nitrogens with one attached hydrogen (secondary N) is 1. The Morgan fingerprint density at radius 3 is 2.55 bits per heavy atom. The first-order valence-electron chi connectivity index (χ1n) is 6.34. The number of benzene rings is 1. The van der Waals surface area contributed by atoms with E-state index in [1.807, 2.05) is 5.32 Å². The van der Waals surface area contributed by atoms with E-state index >= 15 is 0 Å². The topological polar surface area (TPSA) is 99.0 Å². The lowest BCUT2D eigenvalue weighted by molar-refractivity contribution is -0.152. The van der Waals surface area contributed by atoms with Gasteiger partial charge in [0.1, 0.15) is 17.5 Å². The molecule has 22 heavy (non-hydrogen) atoms. The van der Waals surface area contributed by atoms with Gasteiger partial charge in [0.25, 0.3) is 0 Å². The first-order valence-corrected chi connectivity index (χ1v) is 6.34. The van der Waals surface area contributed by atoms with E-state index in [4.69, 9.17) is 14.9 Å². The summed E-state index contributed by atoms with van der Waals surface area (Å²) < 4.78 is 45.3. The Labute approximate surface area is 123 Å². The molecule has 1 aliphatic heterocycles. The smallest absolute Gasteiger partial charge is 0.404 e. The lowest BCUT2D eigenvalue weighted by Crippen LogP contribution is -2.54. The van der Waals surface area contributed by atoms with Gasteiger partial charge in [-0.15, -0.1) is 0 Å². The lowest BCUT2D eigenvalue weighted by atomic mass is 9.87. The number of aliphatic hydroxyl groups is 2. The van der Waals surface area contributed by atoms with Gasteiger partial charge in [0, 0.05) is 18.1 Å². The van der Waals surface area contributed by atoms with E-state index in [1.165, 1.54) is 0 Å². The van der Waals surface area contributed by atoms with Gasteiger partial charge in [-0.3, -0.25) is 0 Å². The molecule has 1 heterocycles. The molecule has 122 valence electrons. The highest BCUT2D eigenvalue weighted by molar-refractivity contribution is 5.65. The first kappa shape index (κ1) is 16.5. The maximum atomic E-state index is 13.8. The van der Waals surface area contributed by atoms with Crippen LogP contribution in [0, 0.1) is 17.5 Å². The second kappa shape index (κ2) is 6.11. The molecule has 6 nitrogen and oxygen atoms in total. The van der Waals surface area contributed by atoms with Gasteiger partial charge in [-0.2, -0.15) is 0 Å². The lowest BCUT2D eigenvalue weighted by Gasteiger charge is -2.40. The van der Waals surface area contributed by atoms with Crippen molar-refractivity contribution in [3.8, 4) is 0 Å². The number of halogens is 3. The summed E-state index contributed by atoms with van der Waals surface area (Å²) >= 11 is 0. The largest absolute Gasteiger partial charge is 0.465 e. The first-order chi connectivity index (χ1) is 10.3. The van der Waals surface area contributed by atoms with Gasteiger partial charge < -0.3 is 25.4 Å². The molecule has 9 heteroatoms. The van der Waals surface area contributed by atoms with Crippen LogP contribution in [0.15, 0.2) is 12.1 Å². The summed E-state index contributed by atoms with van der Waals surface area (Å²) in [6.07, 6.45) is -3.01. The summed E-state index contributed by atoms with van der Waals surface area (Å²) in [7, 11) is 0. The minimum atomic E-state index is -1.71. The highest BCUT2D eigenvalue weighted by atomic mass is 19.2. The number of rotatable bonds is 3. The third-order valence-electron chi connectivity index (χ3n) is 3.45. The zero-order valence-electron chi connectivity index (χ0n) is 11.2. The molecule has 4 N–H and O–H groups in total. The zero-order chi connectivity index (χ0) is 16.5. The van der Waals surface area contributed by atoms with Crippen molar-refractivity contribution in [1.82, 2.24) is 5.32 Å². The zero-order valence-corrected chi connectivity index (χ0v) is 11.2. The van der Waals surface area contributed by atoms with E-state index in [-0.39, 0.29) is 12.0 Å². The number of hydrogen-bond donors (Lipinski definition) is 4. The van der Waals surface area contributed by atoms with Crippen LogP contribution in [0.4, 0.5) is 18.0 Å². The SMILES string of the molecule is O=C(O)NC1CC(O)(CO)COC1c1cc(F)c(F)cc1F. The Hall–Kier alpha value is -1.84. The van der Waals surface area contributed by atoms with Crippen molar-refractivity contribution in [3.63, 3.8) is 0 Å². The van der Waals surface area contributed by atoms with Crippen molar-refractivity contribution < 1.29 is 38.0 Å². The molecule has 3 atom stereocenters. The van der Waals surface area contributed by atoms with Crippen LogP contribution in [-0.2, 0) is 4.74 Å². The van der Waals surface area contributed by atoms with E-state index in [2.05, 4.69) is 0 Å². The van der Waals surface area contributed by atoms with Crippen LogP contribution in [-0.4, -0.2) is 46.3 Å². The van der Waals surface area contributed by atoms with Gasteiger partial charge in [0.05, 0.1) is 19.3 Å². The molecule has 1 saturated heterocycles. The predicted octanol–water partition coefficient (Wildman–Crippen LogP) is 0.925. The van der Waals surface area contributed by atoms with E-state index in [9.17, 15) is 23.1 Å². The normalized spacial score (nSPS) is 28.4. The Bertz CT molecular complexity index is 585. The van der Waals surface area contributed by atoms with Crippen LogP contribution in [0.5, 0.6) is 0 Å². The molecule has 1 aromatic carbocycles. The second-order valence-electron chi connectivity index (χ2n) is 5.16. The fraction of sp³-hybridized carbons (Fsp3) is 0.462. The Kier molecular flexibility index (Phi) is 4.59. The minimum Gasteiger partial charge on any atom is -0.465 e. The van der Waals surface area contributed by atoms with Crippen molar-refractivity contribution in [2.75, 3.05) is 13.2 Å². The summed E-state index contributed by atoms with van der Waals surface area (Å²) in [6.45, 7) is -1.11. The third-order valence-corrected chi connectivity index (χ3v) is 3.45. The van der Waals surface area contributed by atoms with E-state index < -0.39 is 54.5 Å². The van der Waals surface area contributed by atoms with Crippen molar-refractivity contribution in [1.29, 1.82) is 0 Å². The molecule has 0 saturated carbocycles. The number of aliphatic hydroxyl groups excluding tert-OH is 1. The highest BCUT2D eigenvalue weighted by Gasteiger charge is 2.42. The summed E-state index contributed by atoms with van der Waals surface area (Å²) in [4.78, 5) is 10.8. The van der Waals surface area contributed by atoms with Gasteiger partial charge in [-0.05, 0) is 6.07 Å².